The Labute approximate surface area is 183 Å². The van der Waals surface area contributed by atoms with Gasteiger partial charge in [0, 0.05) is 24.2 Å². The van der Waals surface area contributed by atoms with Gasteiger partial charge in [0.1, 0.15) is 5.76 Å². The molecule has 1 aliphatic rings. The lowest BCUT2D eigenvalue weighted by atomic mass is 10.2. The maximum absolute atomic E-state index is 13.0. The molecule has 0 unspecified atom stereocenters. The number of carbonyl (C=O) groups is 2. The van der Waals surface area contributed by atoms with Crippen LogP contribution in [0.2, 0.25) is 10.0 Å². The lowest BCUT2D eigenvalue weighted by Crippen LogP contribution is -2.35. The van der Waals surface area contributed by atoms with E-state index in [0.717, 1.165) is 18.4 Å². The van der Waals surface area contributed by atoms with Crippen molar-refractivity contribution in [3.63, 3.8) is 0 Å². The molecular weight excluding hydrogens is 425 g/mol. The first-order valence-electron chi connectivity index (χ1n) is 9.49. The van der Waals surface area contributed by atoms with Crippen molar-refractivity contribution in [1.29, 1.82) is 0 Å². The Morgan fingerprint density at radius 2 is 1.87 bits per heavy atom. The van der Waals surface area contributed by atoms with Gasteiger partial charge in [-0.3, -0.25) is 9.59 Å². The van der Waals surface area contributed by atoms with Crippen molar-refractivity contribution in [2.24, 2.45) is 0 Å². The average molecular weight is 444 g/mol. The second-order valence-corrected chi connectivity index (χ2v) is 8.02. The molecule has 2 aromatic carbocycles. The van der Waals surface area contributed by atoms with Gasteiger partial charge in [0.15, 0.2) is 5.69 Å². The number of rotatable bonds is 6. The number of carbonyl (C=O) groups excluding carboxylic acids is 2. The standard InChI is InChI=1S/C22H19Cl2N3O3/c1-27(12-18(28)25-15-9-10-16(23)17(24)11-15)22(29)19-20(13-7-8-13)30-21(26-19)14-5-3-2-4-6-14/h2-6,9-11,13H,7-8,12H2,1H3,(H,25,28). The molecule has 30 heavy (non-hydrogen) atoms. The molecule has 0 aliphatic heterocycles. The van der Waals surface area contributed by atoms with Gasteiger partial charge in [0.25, 0.3) is 5.91 Å². The number of halogens is 2. The van der Waals surface area contributed by atoms with Gasteiger partial charge in [-0.25, -0.2) is 4.98 Å². The van der Waals surface area contributed by atoms with Gasteiger partial charge in [0.05, 0.1) is 16.6 Å². The van der Waals surface area contributed by atoms with E-state index < -0.39 is 0 Å². The molecule has 0 radical (unpaired) electrons. The maximum Gasteiger partial charge on any atom is 0.276 e. The van der Waals surface area contributed by atoms with Crippen LogP contribution in [0.15, 0.2) is 52.9 Å². The van der Waals surface area contributed by atoms with Crippen molar-refractivity contribution < 1.29 is 14.0 Å². The minimum atomic E-state index is -0.357. The number of hydrogen-bond acceptors (Lipinski definition) is 4. The Bertz CT molecular complexity index is 1090. The molecule has 4 rings (SSSR count). The molecule has 8 heteroatoms. The van der Waals surface area contributed by atoms with Crippen LogP contribution in [0.3, 0.4) is 0 Å². The highest BCUT2D eigenvalue weighted by atomic mass is 35.5. The third-order valence-corrected chi connectivity index (χ3v) is 5.49. The molecule has 2 amide bonds. The molecule has 154 valence electrons. The maximum atomic E-state index is 13.0. The van der Waals surface area contributed by atoms with Crippen LogP contribution in [0.5, 0.6) is 0 Å². The summed E-state index contributed by atoms with van der Waals surface area (Å²) in [6.07, 6.45) is 1.93. The van der Waals surface area contributed by atoms with Gasteiger partial charge < -0.3 is 14.6 Å². The van der Waals surface area contributed by atoms with Crippen molar-refractivity contribution in [3.8, 4) is 11.5 Å². The third-order valence-electron chi connectivity index (χ3n) is 4.76. The van der Waals surface area contributed by atoms with Crippen LogP contribution in [-0.2, 0) is 4.79 Å². The van der Waals surface area contributed by atoms with Crippen molar-refractivity contribution in [2.75, 3.05) is 18.9 Å². The lowest BCUT2D eigenvalue weighted by molar-refractivity contribution is -0.116. The van der Waals surface area contributed by atoms with Crippen LogP contribution < -0.4 is 5.32 Å². The van der Waals surface area contributed by atoms with E-state index in [0.29, 0.717) is 27.4 Å². The summed E-state index contributed by atoms with van der Waals surface area (Å²) in [5.41, 5.74) is 1.57. The molecule has 1 heterocycles. The molecule has 3 aromatic rings. The fourth-order valence-electron chi connectivity index (χ4n) is 3.05. The number of anilines is 1. The first-order chi connectivity index (χ1) is 14.4. The number of likely N-dealkylation sites (N-methyl/N-ethyl adjacent to an activating group) is 1. The van der Waals surface area contributed by atoms with Crippen LogP contribution in [0.1, 0.15) is 35.0 Å². The monoisotopic (exact) mass is 443 g/mol. The first kappa shape index (κ1) is 20.4. The van der Waals surface area contributed by atoms with Crippen LogP contribution in [0.25, 0.3) is 11.5 Å². The summed E-state index contributed by atoms with van der Waals surface area (Å²) in [7, 11) is 1.56. The second-order valence-electron chi connectivity index (χ2n) is 7.21. The predicted molar refractivity (Wildman–Crippen MR) is 116 cm³/mol. The molecule has 0 saturated heterocycles. The zero-order valence-corrected chi connectivity index (χ0v) is 17.7. The molecule has 0 bridgehead atoms. The van der Waals surface area contributed by atoms with Gasteiger partial charge >= 0.3 is 0 Å². The molecule has 0 atom stereocenters. The minimum Gasteiger partial charge on any atom is -0.440 e. The molecule has 1 aromatic heterocycles. The number of amides is 2. The Balaban J connectivity index is 1.48. The number of oxazole rings is 1. The number of aromatic nitrogens is 1. The summed E-state index contributed by atoms with van der Waals surface area (Å²) in [6, 6.07) is 14.2. The van der Waals surface area contributed by atoms with E-state index >= 15 is 0 Å². The molecular formula is C22H19Cl2N3O3. The van der Waals surface area contributed by atoms with Gasteiger partial charge in [0.2, 0.25) is 11.8 Å². The van der Waals surface area contributed by atoms with Crippen LogP contribution >= 0.6 is 23.2 Å². The zero-order valence-electron chi connectivity index (χ0n) is 16.2. The third kappa shape index (κ3) is 4.50. The Morgan fingerprint density at radius 3 is 2.53 bits per heavy atom. The quantitative estimate of drug-likeness (QED) is 0.565. The lowest BCUT2D eigenvalue weighted by Gasteiger charge is -2.16. The number of benzene rings is 2. The van der Waals surface area contributed by atoms with Crippen molar-refractivity contribution >= 4 is 40.7 Å². The van der Waals surface area contributed by atoms with E-state index in [9.17, 15) is 9.59 Å². The Morgan fingerprint density at radius 1 is 1.13 bits per heavy atom. The summed E-state index contributed by atoms with van der Waals surface area (Å²) < 4.78 is 5.93. The summed E-state index contributed by atoms with van der Waals surface area (Å²) in [6.45, 7) is -0.142. The van der Waals surface area contributed by atoms with Gasteiger partial charge in [-0.05, 0) is 43.2 Å². The minimum absolute atomic E-state index is 0.142. The van der Waals surface area contributed by atoms with E-state index in [4.69, 9.17) is 27.6 Å². The van der Waals surface area contributed by atoms with Crippen LogP contribution in [0, 0.1) is 0 Å². The molecule has 6 nitrogen and oxygen atoms in total. The largest absolute Gasteiger partial charge is 0.440 e. The Hall–Kier alpha value is -2.83. The summed E-state index contributed by atoms with van der Waals surface area (Å²) in [5, 5.41) is 3.44. The molecule has 1 fully saturated rings. The van der Waals surface area contributed by atoms with Gasteiger partial charge in [-0.1, -0.05) is 41.4 Å². The van der Waals surface area contributed by atoms with E-state index in [-0.39, 0.29) is 30.0 Å². The normalized spacial score (nSPS) is 13.2. The van der Waals surface area contributed by atoms with Gasteiger partial charge in [-0.2, -0.15) is 0 Å². The van der Waals surface area contributed by atoms with E-state index in [1.807, 2.05) is 30.3 Å². The van der Waals surface area contributed by atoms with Crippen LogP contribution in [-0.4, -0.2) is 35.3 Å². The fraction of sp³-hybridized carbons (Fsp3) is 0.227. The molecule has 1 aliphatic carbocycles. The summed E-state index contributed by atoms with van der Waals surface area (Å²) in [4.78, 5) is 31.2. The van der Waals surface area contributed by atoms with Crippen LogP contribution in [0.4, 0.5) is 5.69 Å². The fourth-order valence-corrected chi connectivity index (χ4v) is 3.35. The van der Waals surface area contributed by atoms with Crippen molar-refractivity contribution in [2.45, 2.75) is 18.8 Å². The number of nitrogens with one attached hydrogen (secondary N) is 1. The SMILES string of the molecule is CN(CC(=O)Nc1ccc(Cl)c(Cl)c1)C(=O)c1nc(-c2ccccc2)oc1C1CC1. The smallest absolute Gasteiger partial charge is 0.276 e. The second kappa shape index (κ2) is 8.50. The molecule has 1 N–H and O–H groups in total. The first-order valence-corrected chi connectivity index (χ1v) is 10.2. The van der Waals surface area contributed by atoms with Crippen molar-refractivity contribution in [3.05, 3.63) is 70.0 Å². The topological polar surface area (TPSA) is 75.4 Å². The average Bonchev–Trinajstić information content (AvgIpc) is 3.49. The van der Waals surface area contributed by atoms with E-state index in [1.54, 1.807) is 25.2 Å². The summed E-state index contributed by atoms with van der Waals surface area (Å²) in [5.74, 6) is 0.494. The van der Waals surface area contributed by atoms with E-state index in [2.05, 4.69) is 10.3 Å². The molecule has 1 saturated carbocycles. The number of nitrogens with zero attached hydrogens (tertiary/aromatic N) is 2. The highest BCUT2D eigenvalue weighted by Gasteiger charge is 2.35. The summed E-state index contributed by atoms with van der Waals surface area (Å²) >= 11 is 11.9. The molecule has 0 spiro atoms. The van der Waals surface area contributed by atoms with E-state index in [1.165, 1.54) is 4.90 Å². The van der Waals surface area contributed by atoms with Crippen molar-refractivity contribution in [1.82, 2.24) is 9.88 Å². The van der Waals surface area contributed by atoms with Gasteiger partial charge in [-0.15, -0.1) is 0 Å². The number of hydrogen-bond donors (Lipinski definition) is 1. The zero-order chi connectivity index (χ0) is 21.3. The predicted octanol–water partition coefficient (Wildman–Crippen LogP) is 5.24. The highest BCUT2D eigenvalue weighted by Crippen LogP contribution is 2.43. The Kier molecular flexibility index (Phi) is 5.79. The highest BCUT2D eigenvalue weighted by molar-refractivity contribution is 6.42.